The van der Waals surface area contributed by atoms with Crippen molar-refractivity contribution in [3.63, 3.8) is 0 Å². The Morgan fingerprint density at radius 1 is 1.19 bits per heavy atom. The summed E-state index contributed by atoms with van der Waals surface area (Å²) in [7, 11) is 0. The van der Waals surface area contributed by atoms with Crippen LogP contribution in [0.2, 0.25) is 0 Å². The molecule has 3 atom stereocenters. The Balaban J connectivity index is 2.94. The molecule has 0 spiro atoms. The lowest BCUT2D eigenvalue weighted by Gasteiger charge is -2.43. The monoisotopic (exact) mass is 298 g/mol. The lowest BCUT2D eigenvalue weighted by molar-refractivity contribution is -0.171. The molecule has 1 heterocycles. The van der Waals surface area contributed by atoms with Crippen LogP contribution in [0.4, 0.5) is 0 Å². The highest BCUT2D eigenvalue weighted by Gasteiger charge is 2.49. The van der Waals surface area contributed by atoms with Crippen molar-refractivity contribution in [1.82, 2.24) is 0 Å². The molecule has 0 amide bonds. The minimum Gasteiger partial charge on any atom is -0.461 e. The van der Waals surface area contributed by atoms with Crippen molar-refractivity contribution in [2.75, 3.05) is 6.61 Å². The molecule has 1 aliphatic rings. The van der Waals surface area contributed by atoms with Crippen molar-refractivity contribution in [1.29, 1.82) is 0 Å². The van der Waals surface area contributed by atoms with Gasteiger partial charge in [-0.15, -0.1) is 0 Å². The third-order valence-electron chi connectivity index (χ3n) is 4.57. The minimum absolute atomic E-state index is 0.00859. The van der Waals surface area contributed by atoms with Gasteiger partial charge in [0, 0.05) is 0 Å². The van der Waals surface area contributed by atoms with Crippen molar-refractivity contribution in [2.45, 2.75) is 67.9 Å². The number of esters is 2. The van der Waals surface area contributed by atoms with Gasteiger partial charge in [-0.1, -0.05) is 41.5 Å². The molecule has 3 unspecified atom stereocenters. The highest BCUT2D eigenvalue weighted by atomic mass is 16.6. The normalized spacial score (nSPS) is 26.2. The van der Waals surface area contributed by atoms with Gasteiger partial charge in [0.25, 0.3) is 0 Å². The zero-order chi connectivity index (χ0) is 16.6. The standard InChI is InChI=1S/C17H30O4/c1-11-12(9-20-13(11)18)21-14(19)17(8,16(5,6)7)10-15(2,3)4/h11-12H,9-10H2,1-8H3. The highest BCUT2D eigenvalue weighted by molar-refractivity contribution is 5.79. The molecule has 0 radical (unpaired) electrons. The van der Waals surface area contributed by atoms with Crippen molar-refractivity contribution < 1.29 is 19.1 Å². The maximum Gasteiger partial charge on any atom is 0.312 e. The molecule has 0 aromatic rings. The third-order valence-corrected chi connectivity index (χ3v) is 4.57. The average molecular weight is 298 g/mol. The van der Waals surface area contributed by atoms with Crippen LogP contribution in [0.3, 0.4) is 0 Å². The first-order valence-corrected chi connectivity index (χ1v) is 7.66. The summed E-state index contributed by atoms with van der Waals surface area (Å²) in [5, 5.41) is 0. The molecule has 1 saturated heterocycles. The van der Waals surface area contributed by atoms with Crippen LogP contribution >= 0.6 is 0 Å². The molecule has 4 heteroatoms. The maximum atomic E-state index is 12.8. The molecule has 0 N–H and O–H groups in total. The Hall–Kier alpha value is -1.06. The summed E-state index contributed by atoms with van der Waals surface area (Å²) < 4.78 is 10.6. The SMILES string of the molecule is CC1C(=O)OCC1OC(=O)C(C)(CC(C)(C)C)C(C)(C)C. The van der Waals surface area contributed by atoms with E-state index in [-0.39, 0.29) is 35.3 Å². The van der Waals surface area contributed by atoms with Gasteiger partial charge in [0.05, 0.1) is 11.3 Å². The van der Waals surface area contributed by atoms with E-state index in [1.54, 1.807) is 6.92 Å². The Labute approximate surface area is 128 Å². The van der Waals surface area contributed by atoms with E-state index >= 15 is 0 Å². The van der Waals surface area contributed by atoms with Gasteiger partial charge >= 0.3 is 11.9 Å². The summed E-state index contributed by atoms with van der Waals surface area (Å²) in [4.78, 5) is 24.2. The van der Waals surface area contributed by atoms with Gasteiger partial charge in [-0.05, 0) is 31.1 Å². The third kappa shape index (κ3) is 3.98. The fraction of sp³-hybridized carbons (Fsp3) is 0.882. The molecule has 4 nitrogen and oxygen atoms in total. The van der Waals surface area contributed by atoms with E-state index in [1.165, 1.54) is 0 Å². The maximum absolute atomic E-state index is 12.8. The smallest absolute Gasteiger partial charge is 0.312 e. The lowest BCUT2D eigenvalue weighted by atomic mass is 9.61. The molecule has 0 saturated carbocycles. The number of hydrogen-bond acceptors (Lipinski definition) is 4. The topological polar surface area (TPSA) is 52.6 Å². The zero-order valence-electron chi connectivity index (χ0n) is 14.7. The summed E-state index contributed by atoms with van der Waals surface area (Å²) in [6.07, 6.45) is 0.254. The molecule has 21 heavy (non-hydrogen) atoms. The van der Waals surface area contributed by atoms with Crippen LogP contribution in [0.5, 0.6) is 0 Å². The Bertz CT molecular complexity index is 413. The predicted octanol–water partition coefficient (Wildman–Crippen LogP) is 3.58. The largest absolute Gasteiger partial charge is 0.461 e. The molecular formula is C17H30O4. The van der Waals surface area contributed by atoms with Crippen LogP contribution in [-0.4, -0.2) is 24.6 Å². The first kappa shape index (κ1) is 18.0. The summed E-state index contributed by atoms with van der Waals surface area (Å²) in [5.74, 6) is -0.908. The van der Waals surface area contributed by atoms with Crippen molar-refractivity contribution in [2.24, 2.45) is 22.2 Å². The van der Waals surface area contributed by atoms with Gasteiger partial charge in [0.15, 0.2) is 0 Å². The van der Waals surface area contributed by atoms with Gasteiger partial charge in [-0.2, -0.15) is 0 Å². The second-order valence-corrected chi connectivity index (χ2v) is 8.68. The van der Waals surface area contributed by atoms with Crippen LogP contribution in [0.15, 0.2) is 0 Å². The molecule has 0 bridgehead atoms. The lowest BCUT2D eigenvalue weighted by Crippen LogP contribution is -2.46. The molecular weight excluding hydrogens is 268 g/mol. The fourth-order valence-corrected chi connectivity index (χ4v) is 2.70. The minimum atomic E-state index is -0.614. The van der Waals surface area contributed by atoms with Crippen LogP contribution in [0, 0.1) is 22.2 Å². The summed E-state index contributed by atoms with van der Waals surface area (Å²) in [6.45, 7) is 16.4. The number of ether oxygens (including phenoxy) is 2. The van der Waals surface area contributed by atoms with Crippen molar-refractivity contribution in [3.05, 3.63) is 0 Å². The van der Waals surface area contributed by atoms with Crippen LogP contribution in [0.1, 0.15) is 61.8 Å². The molecule has 1 rings (SSSR count). The highest BCUT2D eigenvalue weighted by Crippen LogP contribution is 2.47. The molecule has 1 aliphatic heterocycles. The first-order valence-electron chi connectivity index (χ1n) is 7.66. The molecule has 1 fully saturated rings. The van der Waals surface area contributed by atoms with Crippen molar-refractivity contribution in [3.8, 4) is 0 Å². The predicted molar refractivity (Wildman–Crippen MR) is 81.6 cm³/mol. The van der Waals surface area contributed by atoms with Crippen LogP contribution in [0.25, 0.3) is 0 Å². The van der Waals surface area contributed by atoms with Gasteiger partial charge < -0.3 is 9.47 Å². The molecule has 122 valence electrons. The van der Waals surface area contributed by atoms with Gasteiger partial charge in [-0.25, -0.2) is 0 Å². The van der Waals surface area contributed by atoms with E-state index < -0.39 is 11.5 Å². The van der Waals surface area contributed by atoms with Gasteiger partial charge in [0.2, 0.25) is 0 Å². The Morgan fingerprint density at radius 3 is 2.05 bits per heavy atom. The zero-order valence-corrected chi connectivity index (χ0v) is 14.7. The van der Waals surface area contributed by atoms with E-state index in [4.69, 9.17) is 9.47 Å². The fourth-order valence-electron chi connectivity index (χ4n) is 2.70. The second kappa shape index (κ2) is 5.62. The van der Waals surface area contributed by atoms with E-state index in [9.17, 15) is 9.59 Å². The summed E-state index contributed by atoms with van der Waals surface area (Å²) in [6, 6.07) is 0. The summed E-state index contributed by atoms with van der Waals surface area (Å²) >= 11 is 0. The number of cyclic esters (lactones) is 1. The average Bonchev–Trinajstić information content (AvgIpc) is 2.57. The van der Waals surface area contributed by atoms with Crippen LogP contribution in [-0.2, 0) is 19.1 Å². The van der Waals surface area contributed by atoms with Crippen molar-refractivity contribution >= 4 is 11.9 Å². The van der Waals surface area contributed by atoms with Gasteiger partial charge in [0.1, 0.15) is 12.7 Å². The second-order valence-electron chi connectivity index (χ2n) is 8.68. The first-order chi connectivity index (χ1) is 9.28. The summed E-state index contributed by atoms with van der Waals surface area (Å²) in [5.41, 5.74) is -0.838. The van der Waals surface area contributed by atoms with Crippen LogP contribution < -0.4 is 0 Å². The number of rotatable bonds is 3. The molecule has 0 aromatic heterocycles. The number of carbonyl (C=O) groups excluding carboxylic acids is 2. The van der Waals surface area contributed by atoms with E-state index in [1.807, 2.05) is 6.92 Å². The van der Waals surface area contributed by atoms with E-state index in [0.717, 1.165) is 6.42 Å². The Morgan fingerprint density at radius 2 is 1.71 bits per heavy atom. The Kier molecular flexibility index (Phi) is 4.81. The quantitative estimate of drug-likeness (QED) is 0.747. The number of carbonyl (C=O) groups is 2. The van der Waals surface area contributed by atoms with Gasteiger partial charge in [-0.3, -0.25) is 9.59 Å². The van der Waals surface area contributed by atoms with E-state index in [0.29, 0.717) is 0 Å². The molecule has 0 aromatic carbocycles. The molecule has 0 aliphatic carbocycles. The van der Waals surface area contributed by atoms with E-state index in [2.05, 4.69) is 41.5 Å². The number of hydrogen-bond donors (Lipinski definition) is 0.